The monoisotopic (exact) mass is 313 g/mol. The van der Waals surface area contributed by atoms with Crippen LogP contribution in [0.2, 0.25) is 5.02 Å². The zero-order chi connectivity index (χ0) is 15.7. The summed E-state index contributed by atoms with van der Waals surface area (Å²) < 4.78 is 5.52. The van der Waals surface area contributed by atoms with Gasteiger partial charge in [0, 0.05) is 21.7 Å². The van der Waals surface area contributed by atoms with Gasteiger partial charge >= 0.3 is 0 Å². The second-order valence-electron chi connectivity index (χ2n) is 5.45. The lowest BCUT2D eigenvalue weighted by Crippen LogP contribution is -2.14. The van der Waals surface area contributed by atoms with Gasteiger partial charge in [0.15, 0.2) is 0 Å². The molecule has 0 aliphatic carbocycles. The van der Waals surface area contributed by atoms with E-state index in [1.807, 2.05) is 50.2 Å². The Morgan fingerprint density at radius 2 is 2.05 bits per heavy atom. The predicted molar refractivity (Wildman–Crippen MR) is 89.5 cm³/mol. The van der Waals surface area contributed by atoms with Crippen LogP contribution in [0.5, 0.6) is 0 Å². The maximum Gasteiger partial charge on any atom is 0.228 e. The number of fused-ring (bicyclic) bond motifs is 1. The van der Waals surface area contributed by atoms with Crippen LogP contribution in [0.4, 0.5) is 5.69 Å². The summed E-state index contributed by atoms with van der Waals surface area (Å²) >= 11 is 6.16. The summed E-state index contributed by atoms with van der Waals surface area (Å²) in [5, 5.41) is 4.46. The predicted octanol–water partition coefficient (Wildman–Crippen LogP) is 4.88. The number of furan rings is 1. The number of halogens is 1. The molecule has 1 heterocycles. The fourth-order valence-corrected chi connectivity index (χ4v) is 2.60. The molecule has 0 aliphatic rings. The van der Waals surface area contributed by atoms with Gasteiger partial charge in [0.1, 0.15) is 5.58 Å². The van der Waals surface area contributed by atoms with Gasteiger partial charge in [0.05, 0.1) is 12.7 Å². The highest BCUT2D eigenvalue weighted by Gasteiger charge is 2.12. The van der Waals surface area contributed by atoms with Crippen molar-refractivity contribution in [2.45, 2.75) is 20.3 Å². The molecule has 1 aromatic heterocycles. The lowest BCUT2D eigenvalue weighted by molar-refractivity contribution is -0.115. The largest absolute Gasteiger partial charge is 0.464 e. The smallest absolute Gasteiger partial charge is 0.228 e. The first-order valence-corrected chi connectivity index (χ1v) is 7.43. The summed E-state index contributed by atoms with van der Waals surface area (Å²) in [6.07, 6.45) is 1.87. The molecule has 0 radical (unpaired) electrons. The Morgan fingerprint density at radius 1 is 1.23 bits per heavy atom. The Labute approximate surface area is 133 Å². The molecule has 2 aromatic carbocycles. The van der Waals surface area contributed by atoms with Crippen molar-refractivity contribution < 1.29 is 9.21 Å². The first kappa shape index (κ1) is 14.7. The molecule has 0 bridgehead atoms. The van der Waals surface area contributed by atoms with Gasteiger partial charge in [-0.15, -0.1) is 0 Å². The summed E-state index contributed by atoms with van der Waals surface area (Å²) in [6.45, 7) is 3.91. The Morgan fingerprint density at radius 3 is 2.82 bits per heavy atom. The quantitative estimate of drug-likeness (QED) is 0.748. The van der Waals surface area contributed by atoms with E-state index in [4.69, 9.17) is 16.0 Å². The minimum absolute atomic E-state index is 0.0787. The van der Waals surface area contributed by atoms with E-state index >= 15 is 0 Å². The first-order valence-electron chi connectivity index (χ1n) is 7.05. The maximum atomic E-state index is 12.2. The molecule has 3 aromatic rings. The molecule has 1 N–H and O–H groups in total. The third-order valence-corrected chi connectivity index (χ3v) is 3.99. The van der Waals surface area contributed by atoms with Crippen LogP contribution < -0.4 is 5.32 Å². The standard InChI is InChI=1S/C18H16ClNO2/c1-11-4-3-5-14(6-11)20-18(21)8-13-10-22-17-7-12(2)16(19)9-15(13)17/h3-7,9-10H,8H2,1-2H3,(H,20,21). The summed E-state index contributed by atoms with van der Waals surface area (Å²) in [7, 11) is 0. The van der Waals surface area contributed by atoms with E-state index in [0.717, 1.165) is 33.3 Å². The van der Waals surface area contributed by atoms with E-state index in [2.05, 4.69) is 5.32 Å². The zero-order valence-electron chi connectivity index (χ0n) is 12.4. The van der Waals surface area contributed by atoms with Crippen molar-refractivity contribution in [2.75, 3.05) is 5.32 Å². The molecule has 3 rings (SSSR count). The van der Waals surface area contributed by atoms with Crippen molar-refractivity contribution in [1.29, 1.82) is 0 Å². The van der Waals surface area contributed by atoms with Crippen LogP contribution in [0, 0.1) is 13.8 Å². The zero-order valence-corrected chi connectivity index (χ0v) is 13.2. The molecule has 1 amide bonds. The van der Waals surface area contributed by atoms with E-state index in [1.54, 1.807) is 6.26 Å². The van der Waals surface area contributed by atoms with Crippen molar-refractivity contribution in [3.8, 4) is 0 Å². The molecule has 0 fully saturated rings. The van der Waals surface area contributed by atoms with Gasteiger partial charge in [-0.1, -0.05) is 23.7 Å². The van der Waals surface area contributed by atoms with E-state index in [0.29, 0.717) is 5.02 Å². The maximum absolute atomic E-state index is 12.2. The van der Waals surface area contributed by atoms with Crippen molar-refractivity contribution >= 4 is 34.2 Å². The summed E-state index contributed by atoms with van der Waals surface area (Å²) in [5.74, 6) is -0.0787. The second kappa shape index (κ2) is 5.85. The van der Waals surface area contributed by atoms with Crippen LogP contribution in [0.15, 0.2) is 47.1 Å². The highest BCUT2D eigenvalue weighted by atomic mass is 35.5. The Balaban J connectivity index is 1.81. The number of aryl methyl sites for hydroxylation is 2. The lowest BCUT2D eigenvalue weighted by Gasteiger charge is -2.05. The number of carbonyl (C=O) groups excluding carboxylic acids is 1. The van der Waals surface area contributed by atoms with E-state index in [-0.39, 0.29) is 12.3 Å². The molecule has 0 aliphatic heterocycles. The molecule has 3 nitrogen and oxygen atoms in total. The normalized spacial score (nSPS) is 10.9. The van der Waals surface area contributed by atoms with Gasteiger partial charge in [0.25, 0.3) is 0 Å². The average Bonchev–Trinajstić information content (AvgIpc) is 2.81. The van der Waals surface area contributed by atoms with Crippen LogP contribution in [-0.2, 0) is 11.2 Å². The van der Waals surface area contributed by atoms with Gasteiger partial charge in [-0.05, 0) is 49.2 Å². The second-order valence-corrected chi connectivity index (χ2v) is 5.86. The van der Waals surface area contributed by atoms with Gasteiger partial charge in [-0.25, -0.2) is 0 Å². The number of hydrogen-bond donors (Lipinski definition) is 1. The average molecular weight is 314 g/mol. The van der Waals surface area contributed by atoms with E-state index < -0.39 is 0 Å². The molecule has 0 saturated heterocycles. The summed E-state index contributed by atoms with van der Waals surface area (Å²) in [4.78, 5) is 12.2. The van der Waals surface area contributed by atoms with Crippen LogP contribution in [0.1, 0.15) is 16.7 Å². The molecular weight excluding hydrogens is 298 g/mol. The number of amides is 1. The van der Waals surface area contributed by atoms with Gasteiger partial charge in [-0.2, -0.15) is 0 Å². The highest BCUT2D eigenvalue weighted by Crippen LogP contribution is 2.28. The number of rotatable bonds is 3. The van der Waals surface area contributed by atoms with Crippen molar-refractivity contribution in [2.24, 2.45) is 0 Å². The molecular formula is C18H16ClNO2. The van der Waals surface area contributed by atoms with Crippen molar-refractivity contribution in [3.05, 3.63) is 64.4 Å². The Kier molecular flexibility index (Phi) is 3.90. The molecule has 0 unspecified atom stereocenters. The summed E-state index contributed by atoms with van der Waals surface area (Å²) in [5.41, 5.74) is 4.45. The number of benzene rings is 2. The SMILES string of the molecule is Cc1cccc(NC(=O)Cc2coc3cc(C)c(Cl)cc23)c1. The number of hydrogen-bond acceptors (Lipinski definition) is 2. The third-order valence-electron chi connectivity index (χ3n) is 3.59. The molecule has 22 heavy (non-hydrogen) atoms. The van der Waals surface area contributed by atoms with Crippen LogP contribution >= 0.6 is 11.6 Å². The molecule has 0 atom stereocenters. The Hall–Kier alpha value is -2.26. The topological polar surface area (TPSA) is 42.2 Å². The molecule has 0 saturated carbocycles. The lowest BCUT2D eigenvalue weighted by atomic mass is 10.1. The number of carbonyl (C=O) groups is 1. The van der Waals surface area contributed by atoms with Crippen LogP contribution in [0.25, 0.3) is 11.0 Å². The van der Waals surface area contributed by atoms with Crippen LogP contribution in [0.3, 0.4) is 0 Å². The fraction of sp³-hybridized carbons (Fsp3) is 0.167. The van der Waals surface area contributed by atoms with E-state index in [1.165, 1.54) is 0 Å². The molecule has 0 spiro atoms. The van der Waals surface area contributed by atoms with Gasteiger partial charge < -0.3 is 9.73 Å². The highest BCUT2D eigenvalue weighted by molar-refractivity contribution is 6.32. The number of nitrogens with one attached hydrogen (secondary N) is 1. The minimum Gasteiger partial charge on any atom is -0.464 e. The Bertz CT molecular complexity index is 851. The van der Waals surface area contributed by atoms with Crippen molar-refractivity contribution in [3.63, 3.8) is 0 Å². The minimum atomic E-state index is -0.0787. The molecule has 112 valence electrons. The van der Waals surface area contributed by atoms with Crippen molar-refractivity contribution in [1.82, 2.24) is 0 Å². The van der Waals surface area contributed by atoms with E-state index in [9.17, 15) is 4.79 Å². The van der Waals surface area contributed by atoms with Crippen LogP contribution in [-0.4, -0.2) is 5.91 Å². The molecule has 4 heteroatoms. The van der Waals surface area contributed by atoms with Gasteiger partial charge in [0.2, 0.25) is 5.91 Å². The summed E-state index contributed by atoms with van der Waals surface area (Å²) in [6, 6.07) is 11.5. The fourth-order valence-electron chi connectivity index (χ4n) is 2.44. The third kappa shape index (κ3) is 3.00. The number of anilines is 1. The van der Waals surface area contributed by atoms with Gasteiger partial charge in [-0.3, -0.25) is 4.79 Å². The first-order chi connectivity index (χ1) is 10.5.